The number of hydrogen-bond acceptors (Lipinski definition) is 3. The number of methoxy groups -OCH3 is 1. The third-order valence-corrected chi connectivity index (χ3v) is 3.71. The zero-order valence-electron chi connectivity index (χ0n) is 12.3. The van der Waals surface area contributed by atoms with E-state index < -0.39 is 5.41 Å². The molecule has 2 atom stereocenters. The lowest BCUT2D eigenvalue weighted by Crippen LogP contribution is -2.30. The molecule has 0 saturated heterocycles. The summed E-state index contributed by atoms with van der Waals surface area (Å²) in [5, 5.41) is 0. The Balaban J connectivity index is 2.77. The highest BCUT2D eigenvalue weighted by molar-refractivity contribution is 5.85. The van der Waals surface area contributed by atoms with Crippen LogP contribution in [0.25, 0.3) is 0 Å². The molecular formula is C15H26O3. The number of carbonyl (C=O) groups is 1. The molecule has 0 aromatic rings. The molecule has 0 amide bonds. The fourth-order valence-electron chi connectivity index (χ4n) is 2.31. The third kappa shape index (κ3) is 2.77. The number of ether oxygens (including phenoxy) is 2. The van der Waals surface area contributed by atoms with Gasteiger partial charge in [-0.25, -0.2) is 0 Å². The summed E-state index contributed by atoms with van der Waals surface area (Å²) in [5.74, 6) is -0.205. The van der Waals surface area contributed by atoms with Crippen LogP contribution >= 0.6 is 0 Å². The van der Waals surface area contributed by atoms with Gasteiger partial charge in [0.2, 0.25) is 0 Å². The van der Waals surface area contributed by atoms with Gasteiger partial charge in [0.15, 0.2) is 0 Å². The topological polar surface area (TPSA) is 35.5 Å². The van der Waals surface area contributed by atoms with Gasteiger partial charge >= 0.3 is 5.97 Å². The van der Waals surface area contributed by atoms with E-state index in [1.807, 2.05) is 0 Å². The number of esters is 1. The van der Waals surface area contributed by atoms with Gasteiger partial charge in [-0.1, -0.05) is 46.3 Å². The first-order chi connectivity index (χ1) is 8.30. The van der Waals surface area contributed by atoms with Crippen molar-refractivity contribution in [2.75, 3.05) is 13.7 Å². The molecule has 0 aromatic carbocycles. The van der Waals surface area contributed by atoms with Gasteiger partial charge in [-0.3, -0.25) is 4.79 Å². The van der Waals surface area contributed by atoms with Crippen LogP contribution in [0.15, 0.2) is 12.2 Å². The molecule has 0 aliphatic heterocycles. The van der Waals surface area contributed by atoms with Crippen LogP contribution in [-0.4, -0.2) is 25.8 Å². The Hall–Kier alpha value is -0.830. The van der Waals surface area contributed by atoms with E-state index in [0.717, 1.165) is 18.4 Å². The predicted octanol–water partition coefficient (Wildman–Crippen LogP) is 3.34. The van der Waals surface area contributed by atoms with Crippen molar-refractivity contribution < 1.29 is 14.3 Å². The maximum Gasteiger partial charge on any atom is 0.318 e. The Morgan fingerprint density at radius 1 is 1.44 bits per heavy atom. The minimum atomic E-state index is -0.610. The van der Waals surface area contributed by atoms with E-state index >= 15 is 0 Å². The van der Waals surface area contributed by atoms with Crippen molar-refractivity contribution in [3.63, 3.8) is 0 Å². The molecule has 0 heterocycles. The van der Waals surface area contributed by atoms with Crippen LogP contribution in [0, 0.1) is 10.8 Å². The molecule has 1 saturated carbocycles. The summed E-state index contributed by atoms with van der Waals surface area (Å²) >= 11 is 0. The van der Waals surface area contributed by atoms with Gasteiger partial charge in [-0.05, 0) is 18.3 Å². The molecule has 3 heteroatoms. The molecule has 18 heavy (non-hydrogen) atoms. The number of hydrogen-bond donors (Lipinski definition) is 0. The zero-order valence-corrected chi connectivity index (χ0v) is 12.3. The Labute approximate surface area is 111 Å². The second kappa shape index (κ2) is 5.43. The van der Waals surface area contributed by atoms with Crippen LogP contribution in [0.4, 0.5) is 0 Å². The van der Waals surface area contributed by atoms with Crippen LogP contribution in [0.3, 0.4) is 0 Å². The second-order valence-corrected chi connectivity index (χ2v) is 6.11. The summed E-state index contributed by atoms with van der Waals surface area (Å²) in [7, 11) is 1.43. The van der Waals surface area contributed by atoms with Crippen LogP contribution < -0.4 is 0 Å². The number of carbonyl (C=O) groups excluding carboxylic acids is 1. The highest BCUT2D eigenvalue weighted by Gasteiger charge is 2.65. The first-order valence-corrected chi connectivity index (χ1v) is 6.70. The highest BCUT2D eigenvalue weighted by Crippen LogP contribution is 2.58. The Morgan fingerprint density at radius 2 is 2.06 bits per heavy atom. The molecule has 0 bridgehead atoms. The minimum absolute atomic E-state index is 0.0526. The molecule has 1 aliphatic rings. The molecule has 0 unspecified atom stereocenters. The van der Waals surface area contributed by atoms with Crippen LogP contribution in [0.2, 0.25) is 0 Å². The van der Waals surface area contributed by atoms with E-state index in [1.165, 1.54) is 7.11 Å². The van der Waals surface area contributed by atoms with Crippen molar-refractivity contribution in [3.05, 3.63) is 12.2 Å². The van der Waals surface area contributed by atoms with Crippen molar-refractivity contribution in [1.29, 1.82) is 0 Å². The molecule has 0 N–H and O–H groups in total. The predicted molar refractivity (Wildman–Crippen MR) is 72.3 cm³/mol. The van der Waals surface area contributed by atoms with E-state index in [2.05, 4.69) is 34.3 Å². The number of rotatable bonds is 6. The molecule has 3 nitrogen and oxygen atoms in total. The van der Waals surface area contributed by atoms with Gasteiger partial charge < -0.3 is 9.47 Å². The van der Waals surface area contributed by atoms with Crippen molar-refractivity contribution >= 4 is 5.97 Å². The summed E-state index contributed by atoms with van der Waals surface area (Å²) < 4.78 is 10.7. The SMILES string of the molecule is C=C(C(C)(C)C)[C@]1(C(=O)OC)C[C@@H]1OCCCC. The lowest BCUT2D eigenvalue weighted by atomic mass is 9.77. The van der Waals surface area contributed by atoms with Gasteiger partial charge in [-0.2, -0.15) is 0 Å². The van der Waals surface area contributed by atoms with Crippen LogP contribution in [0.5, 0.6) is 0 Å². The largest absolute Gasteiger partial charge is 0.468 e. The summed E-state index contributed by atoms with van der Waals surface area (Å²) in [6.45, 7) is 13.2. The standard InChI is InChI=1S/C15H26O3/c1-7-8-9-18-12-10-15(12,13(16)17-6)11(2)14(3,4)5/h12H,2,7-10H2,1,3-6H3/t12-,15+/m0/s1. The Morgan fingerprint density at radius 3 is 2.50 bits per heavy atom. The highest BCUT2D eigenvalue weighted by atomic mass is 16.5. The zero-order chi connectivity index (χ0) is 14.0. The lowest BCUT2D eigenvalue weighted by Gasteiger charge is -2.28. The van der Waals surface area contributed by atoms with E-state index in [9.17, 15) is 4.79 Å². The van der Waals surface area contributed by atoms with Crippen molar-refractivity contribution in [1.82, 2.24) is 0 Å². The smallest absolute Gasteiger partial charge is 0.318 e. The Bertz CT molecular complexity index is 327. The molecule has 1 fully saturated rings. The van der Waals surface area contributed by atoms with Gasteiger partial charge in [0, 0.05) is 6.61 Å². The lowest BCUT2D eigenvalue weighted by molar-refractivity contribution is -0.147. The summed E-state index contributed by atoms with van der Waals surface area (Å²) in [6.07, 6.45) is 2.77. The van der Waals surface area contributed by atoms with Gasteiger partial charge in [0.05, 0.1) is 13.2 Å². The molecule has 0 spiro atoms. The summed E-state index contributed by atoms with van der Waals surface area (Å²) in [5.41, 5.74) is 0.195. The Kier molecular flexibility index (Phi) is 4.60. The first-order valence-electron chi connectivity index (χ1n) is 6.70. The summed E-state index contributed by atoms with van der Waals surface area (Å²) in [6, 6.07) is 0. The average molecular weight is 254 g/mol. The van der Waals surface area contributed by atoms with Crippen molar-refractivity contribution in [2.24, 2.45) is 10.8 Å². The first kappa shape index (κ1) is 15.2. The third-order valence-electron chi connectivity index (χ3n) is 3.71. The molecule has 1 aliphatic carbocycles. The fourth-order valence-corrected chi connectivity index (χ4v) is 2.31. The number of unbranched alkanes of at least 4 members (excludes halogenated alkanes) is 1. The van der Waals surface area contributed by atoms with Crippen molar-refractivity contribution in [3.8, 4) is 0 Å². The van der Waals surface area contributed by atoms with Gasteiger partial charge in [0.1, 0.15) is 5.41 Å². The summed E-state index contributed by atoms with van der Waals surface area (Å²) in [4.78, 5) is 12.1. The van der Waals surface area contributed by atoms with Crippen LogP contribution in [0.1, 0.15) is 47.0 Å². The fraction of sp³-hybridized carbons (Fsp3) is 0.800. The normalized spacial score (nSPS) is 26.8. The molecule has 104 valence electrons. The van der Waals surface area contributed by atoms with E-state index in [-0.39, 0.29) is 17.5 Å². The average Bonchev–Trinajstić information content (AvgIpc) is 3.02. The molecular weight excluding hydrogens is 228 g/mol. The molecule has 0 aromatic heterocycles. The van der Waals surface area contributed by atoms with E-state index in [4.69, 9.17) is 9.47 Å². The maximum absolute atomic E-state index is 12.1. The van der Waals surface area contributed by atoms with E-state index in [1.54, 1.807) is 0 Å². The van der Waals surface area contributed by atoms with Crippen molar-refractivity contribution in [2.45, 2.75) is 53.1 Å². The maximum atomic E-state index is 12.1. The second-order valence-electron chi connectivity index (χ2n) is 6.11. The monoisotopic (exact) mass is 254 g/mol. The quantitative estimate of drug-likeness (QED) is 0.414. The van der Waals surface area contributed by atoms with Crippen LogP contribution in [-0.2, 0) is 14.3 Å². The minimum Gasteiger partial charge on any atom is -0.468 e. The molecule has 1 rings (SSSR count). The van der Waals surface area contributed by atoms with E-state index in [0.29, 0.717) is 13.0 Å². The van der Waals surface area contributed by atoms with Gasteiger partial charge in [0.25, 0.3) is 0 Å². The molecule has 0 radical (unpaired) electrons. The van der Waals surface area contributed by atoms with Gasteiger partial charge in [-0.15, -0.1) is 0 Å².